The standard InChI is InChI=1S/C16H32BrNO/c1-4-5-6-7-8-9-10-11-16(19)18-15(13-17)12-14(2)3/h14-15H,4-13H2,1-3H3,(H,18,19). The Morgan fingerprint density at radius 3 is 2.16 bits per heavy atom. The number of alkyl halides is 1. The highest BCUT2D eigenvalue weighted by molar-refractivity contribution is 9.09. The number of halogens is 1. The summed E-state index contributed by atoms with van der Waals surface area (Å²) in [5.74, 6) is 0.847. The molecule has 0 saturated heterocycles. The minimum Gasteiger partial charge on any atom is -0.353 e. The van der Waals surface area contributed by atoms with Gasteiger partial charge in [-0.3, -0.25) is 4.79 Å². The number of rotatable bonds is 12. The zero-order chi connectivity index (χ0) is 14.5. The first-order valence-electron chi connectivity index (χ1n) is 7.95. The Balaban J connectivity index is 3.52. The number of carbonyl (C=O) groups excluding carboxylic acids is 1. The number of hydrogen-bond acceptors (Lipinski definition) is 1. The van der Waals surface area contributed by atoms with E-state index in [0.717, 1.165) is 18.2 Å². The van der Waals surface area contributed by atoms with Gasteiger partial charge in [0.05, 0.1) is 0 Å². The average Bonchev–Trinajstić information content (AvgIpc) is 2.36. The van der Waals surface area contributed by atoms with Crippen molar-refractivity contribution in [3.8, 4) is 0 Å². The maximum absolute atomic E-state index is 11.8. The summed E-state index contributed by atoms with van der Waals surface area (Å²) in [6, 6.07) is 0.289. The van der Waals surface area contributed by atoms with Gasteiger partial charge in [-0.1, -0.05) is 75.2 Å². The summed E-state index contributed by atoms with van der Waals surface area (Å²) in [4.78, 5) is 11.8. The van der Waals surface area contributed by atoms with Crippen molar-refractivity contribution in [1.82, 2.24) is 5.32 Å². The van der Waals surface area contributed by atoms with Gasteiger partial charge in [0.2, 0.25) is 5.91 Å². The van der Waals surface area contributed by atoms with Gasteiger partial charge in [-0.25, -0.2) is 0 Å². The lowest BCUT2D eigenvalue weighted by molar-refractivity contribution is -0.121. The van der Waals surface area contributed by atoms with Crippen LogP contribution in [0, 0.1) is 5.92 Å². The summed E-state index contributed by atoms with van der Waals surface area (Å²) in [7, 11) is 0. The molecule has 2 nitrogen and oxygen atoms in total. The van der Waals surface area contributed by atoms with Crippen LogP contribution < -0.4 is 5.32 Å². The van der Waals surface area contributed by atoms with Gasteiger partial charge in [-0.05, 0) is 18.8 Å². The lowest BCUT2D eigenvalue weighted by atomic mass is 10.0. The van der Waals surface area contributed by atoms with Crippen molar-refractivity contribution in [2.24, 2.45) is 5.92 Å². The van der Waals surface area contributed by atoms with Crippen LogP contribution in [0.4, 0.5) is 0 Å². The van der Waals surface area contributed by atoms with Crippen molar-refractivity contribution >= 4 is 21.8 Å². The van der Waals surface area contributed by atoms with Crippen LogP contribution in [-0.4, -0.2) is 17.3 Å². The highest BCUT2D eigenvalue weighted by Gasteiger charge is 2.12. The van der Waals surface area contributed by atoms with E-state index in [9.17, 15) is 4.79 Å². The molecule has 0 spiro atoms. The second kappa shape index (κ2) is 13.0. The summed E-state index contributed by atoms with van der Waals surface area (Å²) in [6.45, 7) is 6.62. The van der Waals surface area contributed by atoms with Crippen LogP contribution in [0.2, 0.25) is 0 Å². The molecule has 0 aliphatic heterocycles. The van der Waals surface area contributed by atoms with E-state index in [4.69, 9.17) is 0 Å². The molecule has 0 saturated carbocycles. The highest BCUT2D eigenvalue weighted by Crippen LogP contribution is 2.10. The normalized spacial score (nSPS) is 12.7. The number of unbranched alkanes of at least 4 members (excludes halogenated alkanes) is 6. The molecule has 0 bridgehead atoms. The first-order chi connectivity index (χ1) is 9.10. The summed E-state index contributed by atoms with van der Waals surface area (Å²) >= 11 is 3.48. The van der Waals surface area contributed by atoms with Crippen LogP contribution >= 0.6 is 15.9 Å². The number of amides is 1. The molecule has 0 aromatic heterocycles. The summed E-state index contributed by atoms with van der Waals surface area (Å²) < 4.78 is 0. The molecule has 0 fully saturated rings. The monoisotopic (exact) mass is 333 g/mol. The van der Waals surface area contributed by atoms with E-state index in [1.54, 1.807) is 0 Å². The average molecular weight is 334 g/mol. The van der Waals surface area contributed by atoms with E-state index >= 15 is 0 Å². The first-order valence-corrected chi connectivity index (χ1v) is 9.07. The third-order valence-electron chi connectivity index (χ3n) is 3.31. The van der Waals surface area contributed by atoms with Crippen LogP contribution in [0.3, 0.4) is 0 Å². The molecule has 1 unspecified atom stereocenters. The minimum absolute atomic E-state index is 0.221. The zero-order valence-electron chi connectivity index (χ0n) is 13.0. The third-order valence-corrected chi connectivity index (χ3v) is 4.10. The predicted octanol–water partition coefficient (Wildman–Crippen LogP) is 5.05. The van der Waals surface area contributed by atoms with Crippen molar-refractivity contribution in [2.45, 2.75) is 84.6 Å². The van der Waals surface area contributed by atoms with Crippen LogP contribution in [-0.2, 0) is 4.79 Å². The Morgan fingerprint density at radius 2 is 1.63 bits per heavy atom. The van der Waals surface area contributed by atoms with Crippen molar-refractivity contribution < 1.29 is 4.79 Å². The second-order valence-electron chi connectivity index (χ2n) is 5.92. The smallest absolute Gasteiger partial charge is 0.220 e. The fraction of sp³-hybridized carbons (Fsp3) is 0.938. The number of nitrogens with one attached hydrogen (secondary N) is 1. The van der Waals surface area contributed by atoms with Gasteiger partial charge >= 0.3 is 0 Å². The second-order valence-corrected chi connectivity index (χ2v) is 6.57. The Kier molecular flexibility index (Phi) is 12.9. The van der Waals surface area contributed by atoms with Crippen LogP contribution in [0.1, 0.15) is 78.6 Å². The fourth-order valence-corrected chi connectivity index (χ4v) is 2.70. The van der Waals surface area contributed by atoms with Gasteiger partial charge in [-0.15, -0.1) is 0 Å². The van der Waals surface area contributed by atoms with Gasteiger partial charge in [0.25, 0.3) is 0 Å². The number of hydrogen-bond donors (Lipinski definition) is 1. The third kappa shape index (κ3) is 12.7. The van der Waals surface area contributed by atoms with Crippen molar-refractivity contribution in [1.29, 1.82) is 0 Å². The van der Waals surface area contributed by atoms with E-state index in [-0.39, 0.29) is 11.9 Å². The highest BCUT2D eigenvalue weighted by atomic mass is 79.9. The molecule has 114 valence electrons. The van der Waals surface area contributed by atoms with Crippen molar-refractivity contribution in [2.75, 3.05) is 5.33 Å². The van der Waals surface area contributed by atoms with Crippen LogP contribution in [0.5, 0.6) is 0 Å². The Labute approximate surface area is 128 Å². The van der Waals surface area contributed by atoms with E-state index in [1.165, 1.54) is 38.5 Å². The largest absolute Gasteiger partial charge is 0.353 e. The van der Waals surface area contributed by atoms with Gasteiger partial charge in [0.15, 0.2) is 0 Å². The molecular formula is C16H32BrNO. The summed E-state index contributed by atoms with van der Waals surface area (Å²) in [5, 5.41) is 3.98. The molecule has 19 heavy (non-hydrogen) atoms. The lowest BCUT2D eigenvalue weighted by Crippen LogP contribution is -2.36. The van der Waals surface area contributed by atoms with Gasteiger partial charge in [0.1, 0.15) is 0 Å². The van der Waals surface area contributed by atoms with E-state index in [1.807, 2.05) is 0 Å². The summed E-state index contributed by atoms with van der Waals surface area (Å²) in [6.07, 6.45) is 10.6. The first kappa shape index (κ1) is 18.9. The molecule has 0 aromatic carbocycles. The van der Waals surface area contributed by atoms with Crippen molar-refractivity contribution in [3.63, 3.8) is 0 Å². The molecule has 1 amide bonds. The van der Waals surface area contributed by atoms with Gasteiger partial charge in [0, 0.05) is 17.8 Å². The summed E-state index contributed by atoms with van der Waals surface area (Å²) in [5.41, 5.74) is 0. The SMILES string of the molecule is CCCCCCCCCC(=O)NC(CBr)CC(C)C. The Morgan fingerprint density at radius 1 is 1.05 bits per heavy atom. The molecule has 0 radical (unpaired) electrons. The predicted molar refractivity (Wildman–Crippen MR) is 87.8 cm³/mol. The van der Waals surface area contributed by atoms with Crippen LogP contribution in [0.15, 0.2) is 0 Å². The maximum Gasteiger partial charge on any atom is 0.220 e. The van der Waals surface area contributed by atoms with Gasteiger partial charge < -0.3 is 5.32 Å². The molecular weight excluding hydrogens is 302 g/mol. The molecule has 1 N–H and O–H groups in total. The fourth-order valence-electron chi connectivity index (χ4n) is 2.27. The minimum atomic E-state index is 0.221. The van der Waals surface area contributed by atoms with Gasteiger partial charge in [-0.2, -0.15) is 0 Å². The molecule has 1 atom stereocenters. The molecule has 0 aliphatic rings. The Hall–Kier alpha value is -0.0500. The van der Waals surface area contributed by atoms with E-state index in [2.05, 4.69) is 42.0 Å². The molecule has 0 aromatic rings. The molecule has 0 rings (SSSR count). The quantitative estimate of drug-likeness (QED) is 0.392. The Bertz CT molecular complexity index is 219. The van der Waals surface area contributed by atoms with E-state index < -0.39 is 0 Å². The maximum atomic E-state index is 11.8. The lowest BCUT2D eigenvalue weighted by Gasteiger charge is -2.18. The molecule has 0 heterocycles. The van der Waals surface area contributed by atoms with Crippen LogP contribution in [0.25, 0.3) is 0 Å². The molecule has 0 aliphatic carbocycles. The zero-order valence-corrected chi connectivity index (χ0v) is 14.6. The number of carbonyl (C=O) groups is 1. The van der Waals surface area contributed by atoms with E-state index in [0.29, 0.717) is 12.3 Å². The molecule has 3 heteroatoms. The topological polar surface area (TPSA) is 29.1 Å². The van der Waals surface area contributed by atoms with Crippen molar-refractivity contribution in [3.05, 3.63) is 0 Å².